The zero-order valence-electron chi connectivity index (χ0n) is 1.30. The van der Waals surface area contributed by atoms with Crippen molar-refractivity contribution in [3.05, 3.63) is 0 Å². The van der Waals surface area contributed by atoms with Crippen LogP contribution < -0.4 is 0 Å². The fourth-order valence-electron chi connectivity index (χ4n) is 0. The molecule has 0 aliphatic carbocycles. The molecule has 0 rings (SSSR count). The zero-order chi connectivity index (χ0) is 2.71. The van der Waals surface area contributed by atoms with Gasteiger partial charge in [0.2, 0.25) is 0 Å². The van der Waals surface area contributed by atoms with Gasteiger partial charge in [-0.3, -0.25) is 0 Å². The van der Waals surface area contributed by atoms with Gasteiger partial charge in [-0.15, -0.1) is 0 Å². The molecule has 6 heavy (non-hydrogen) atoms. The van der Waals surface area contributed by atoms with Crippen molar-refractivity contribution >= 4 is 141 Å². The monoisotopic (exact) mass is 204 g/mol. The predicted octanol–water partition coefficient (Wildman–Crippen LogP) is -2.20. The molecule has 0 aromatic rings. The van der Waals surface area contributed by atoms with Crippen LogP contribution in [0.3, 0.4) is 0 Å². The third-order valence-corrected chi connectivity index (χ3v) is 0. The number of hydrogen-bond acceptors (Lipinski definition) is 1. The van der Waals surface area contributed by atoms with E-state index in [9.17, 15) is 0 Å². The molecular weight excluding hydrogens is 200 g/mol. The van der Waals surface area contributed by atoms with Crippen LogP contribution in [0.15, 0.2) is 0 Å². The predicted molar refractivity (Wildman–Crippen MR) is 28.5 cm³/mol. The van der Waals surface area contributed by atoms with Crippen molar-refractivity contribution in [2.45, 2.75) is 0 Å². The Morgan fingerprint density at radius 1 is 1.33 bits per heavy atom. The van der Waals surface area contributed by atoms with Crippen molar-refractivity contribution in [1.29, 1.82) is 5.26 Å². The molecule has 25 valence electrons. The second-order valence-electron chi connectivity index (χ2n) is 0.0791. The molecule has 0 bridgehead atoms. The van der Waals surface area contributed by atoms with Crippen molar-refractivity contribution in [1.82, 2.24) is 0 Å². The summed E-state index contributed by atoms with van der Waals surface area (Å²) in [4.78, 5) is 1.50. The summed E-state index contributed by atoms with van der Waals surface area (Å²) in [5, 5.41) is 7.21. The quantitative estimate of drug-likeness (QED) is 0.411. The molecule has 0 radical (unpaired) electrons. The molecule has 1 nitrogen and oxygen atoms in total. The maximum atomic E-state index is 7.21. The summed E-state index contributed by atoms with van der Waals surface area (Å²) in [5.74, 6) is 0. The zero-order valence-corrected chi connectivity index (χ0v) is 2.40. The maximum absolute atomic E-state index is 7.21. The molecule has 0 amide bonds. The Morgan fingerprint density at radius 3 is 1.33 bits per heavy atom. The van der Waals surface area contributed by atoms with Crippen LogP contribution in [0.1, 0.15) is 0 Å². The van der Waals surface area contributed by atoms with Gasteiger partial charge in [-0.1, -0.05) is 0 Å². The first-order valence-electron chi connectivity index (χ1n) is 0.400. The molecule has 0 aliphatic rings. The van der Waals surface area contributed by atoms with E-state index in [0.717, 1.165) is 0 Å². The topological polar surface area (TPSA) is 23.8 Å². The first kappa shape index (κ1) is 22.4. The van der Waals surface area contributed by atoms with E-state index >= 15 is 0 Å². The van der Waals surface area contributed by atoms with Crippen LogP contribution in [0.4, 0.5) is 0 Å². The molecule has 0 saturated carbocycles. The summed E-state index contributed by atoms with van der Waals surface area (Å²) < 4.78 is 0. The first-order chi connectivity index (χ1) is 1.41. The second-order valence-corrected chi connectivity index (χ2v) is 0.326. The van der Waals surface area contributed by atoms with E-state index in [1.165, 1.54) is 4.97 Å². The first-order valence-corrected chi connectivity index (χ1v) is 0.952. The van der Waals surface area contributed by atoms with Crippen molar-refractivity contribution in [3.8, 4) is 4.97 Å². The third kappa shape index (κ3) is 23.6. The van der Waals surface area contributed by atoms with E-state index in [2.05, 4.69) is 16.0 Å². The van der Waals surface area contributed by atoms with E-state index in [1.54, 1.807) is 0 Å². The van der Waals surface area contributed by atoms with Gasteiger partial charge in [0.05, 0.1) is 0 Å². The Kier molecular flexibility index (Phi) is 84.7. The molecule has 0 unspecified atom stereocenters. The standard InChI is InChI=1S/CN.Ca.Fe.2K.4H/c1-2;;;;;;;;. The van der Waals surface area contributed by atoms with Gasteiger partial charge in [-0.05, 0) is 0 Å². The van der Waals surface area contributed by atoms with Crippen molar-refractivity contribution < 1.29 is 16.0 Å². The molecule has 0 spiro atoms. The average Bonchev–Trinajstić information content (AvgIpc) is 0.918. The molecule has 0 saturated heterocycles. The van der Waals surface area contributed by atoms with Crippen molar-refractivity contribution in [3.63, 3.8) is 0 Å². The summed E-state index contributed by atoms with van der Waals surface area (Å²) in [6.45, 7) is 0. The molecule has 0 heterocycles. The van der Waals surface area contributed by atoms with Crippen LogP contribution in [0.2, 0.25) is 0 Å². The normalized spacial score (nSPS) is 1.33. The summed E-state index contributed by atoms with van der Waals surface area (Å²) in [6.07, 6.45) is 0. The van der Waals surface area contributed by atoms with Crippen LogP contribution in [0, 0.1) is 10.2 Å². The van der Waals surface area contributed by atoms with Gasteiger partial charge in [-0.25, -0.2) is 0 Å². The van der Waals surface area contributed by atoms with Gasteiger partial charge in [0, 0.05) is 0 Å². The summed E-state index contributed by atoms with van der Waals surface area (Å²) >= 11 is 2.79. The van der Waals surface area contributed by atoms with E-state index in [0.29, 0.717) is 0 Å². The minimum atomic E-state index is 0. The fraction of sp³-hybridized carbons (Fsp3) is 0. The van der Waals surface area contributed by atoms with Gasteiger partial charge in [-0.2, -0.15) is 0 Å². The van der Waals surface area contributed by atoms with Crippen molar-refractivity contribution in [2.75, 3.05) is 0 Å². The molecule has 0 aromatic carbocycles. The van der Waals surface area contributed by atoms with E-state index in [-0.39, 0.29) is 141 Å². The Labute approximate surface area is 161 Å². The van der Waals surface area contributed by atoms with Crippen molar-refractivity contribution in [2.24, 2.45) is 0 Å². The average molecular weight is 204 g/mol. The van der Waals surface area contributed by atoms with E-state index < -0.39 is 0 Å². The molecule has 0 aromatic heterocycles. The van der Waals surface area contributed by atoms with Crippen LogP contribution in [0.5, 0.6) is 0 Å². The van der Waals surface area contributed by atoms with Gasteiger partial charge in [0.15, 0.2) is 0 Å². The number of hydrogen-bond donors (Lipinski definition) is 0. The fourth-order valence-corrected chi connectivity index (χ4v) is 0. The van der Waals surface area contributed by atoms with Gasteiger partial charge in [0.25, 0.3) is 0 Å². The van der Waals surface area contributed by atoms with Crippen LogP contribution >= 0.6 is 0 Å². The van der Waals surface area contributed by atoms with Crippen LogP contribution in [0.25, 0.3) is 0 Å². The van der Waals surface area contributed by atoms with Gasteiger partial charge < -0.3 is 0 Å². The molecule has 0 fully saturated rings. The Hall–Kier alpha value is 4.54. The Bertz CT molecular complexity index is 35.0. The van der Waals surface area contributed by atoms with Crippen LogP contribution in [-0.2, 0) is 16.0 Å². The number of nitrogens with zero attached hydrogens (tertiary/aromatic N) is 1. The number of nitriles is 1. The number of rotatable bonds is 0. The second kappa shape index (κ2) is 22.7. The summed E-state index contributed by atoms with van der Waals surface area (Å²) in [6, 6.07) is 0. The Morgan fingerprint density at radius 2 is 1.33 bits per heavy atom. The van der Waals surface area contributed by atoms with Gasteiger partial charge in [0.1, 0.15) is 0 Å². The summed E-state index contributed by atoms with van der Waals surface area (Å²) in [7, 11) is 0. The third-order valence-electron chi connectivity index (χ3n) is 0. The molecule has 0 N–H and O–H groups in total. The SMILES string of the molecule is N#[C][Fe].[CaH2].[KH].[KH]. The Balaban J connectivity index is -0.00000000667. The summed E-state index contributed by atoms with van der Waals surface area (Å²) in [5.41, 5.74) is 0. The molecule has 5 heteroatoms. The molecule has 0 atom stereocenters. The van der Waals surface area contributed by atoms with E-state index in [1.807, 2.05) is 0 Å². The minimum absolute atomic E-state index is 0. The van der Waals surface area contributed by atoms with E-state index in [4.69, 9.17) is 5.26 Å². The molecule has 0 aliphatic heterocycles. The molecular formula is CH4CaFeK2N. The van der Waals surface area contributed by atoms with Gasteiger partial charge >= 0.3 is 167 Å². The van der Waals surface area contributed by atoms with Crippen LogP contribution in [-0.4, -0.2) is 141 Å².